The monoisotopic (exact) mass is 1240 g/mol. The van der Waals surface area contributed by atoms with E-state index in [0.29, 0.717) is 38.5 Å². The molecule has 27 heteroatoms. The van der Waals surface area contributed by atoms with Gasteiger partial charge in [0.1, 0.15) is 104 Å². The fourth-order valence-corrected chi connectivity index (χ4v) is 17.5. The summed E-state index contributed by atoms with van der Waals surface area (Å²) in [6.45, 7) is 13.6. The fraction of sp³-hybridized carbons (Fsp3) is 0.949. The number of allylic oxidation sites excluding steroid dienone is 2. The molecule has 494 valence electrons. The molecule has 0 amide bonds. The molecule has 0 bridgehead atoms. The quantitative estimate of drug-likeness (QED) is 0.0482. The summed E-state index contributed by atoms with van der Waals surface area (Å²) in [6.07, 6.45) is -33.2. The highest BCUT2D eigenvalue weighted by Crippen LogP contribution is 2.76. The SMILES string of the molecule is C[C@@H]1O[C@@H](O[C@H]2[C@H](O)[C@@H](O)[C@H](OC[C@H]3O[C@@H](OC(=O)[C@@]45CC[C@]6(C)C(=CCC7[C@@]8(C)CC[C@H](OC9OC[C@H](O)[C@H](O)[C@H]9O[C@@H]9O[C@@H](C)[C@H](O)[C@@H](O)[C@H]9O)[C@@](C)(CO)C8CC[C@]76C)C4CC(C)(C)[C@H](O)C5)[C@H](O)[C@@H](O)[C@@H]3O)O[C@@H]2CO)[C@H](O)[C@H](O)[C@H]1O. The maximum atomic E-state index is 15.3. The molecule has 86 heavy (non-hydrogen) atoms. The Labute approximate surface area is 499 Å². The topological polar surface area (TPSA) is 433 Å². The lowest BCUT2D eigenvalue weighted by atomic mass is 9.33. The van der Waals surface area contributed by atoms with E-state index >= 15 is 4.79 Å². The lowest BCUT2D eigenvalue weighted by molar-refractivity contribution is -0.365. The maximum absolute atomic E-state index is 15.3. The summed E-state index contributed by atoms with van der Waals surface area (Å²) in [4.78, 5) is 15.3. The van der Waals surface area contributed by atoms with Crippen LogP contribution in [0.25, 0.3) is 0 Å². The van der Waals surface area contributed by atoms with Crippen LogP contribution in [0.5, 0.6) is 0 Å². The van der Waals surface area contributed by atoms with Crippen molar-refractivity contribution in [2.45, 2.75) is 273 Å². The van der Waals surface area contributed by atoms with Crippen molar-refractivity contribution < 1.29 is 134 Å². The number of rotatable bonds is 13. The lowest BCUT2D eigenvalue weighted by Crippen LogP contribution is -2.67. The van der Waals surface area contributed by atoms with Gasteiger partial charge in [0.15, 0.2) is 25.2 Å². The molecule has 16 N–H and O–H groups in total. The summed E-state index contributed by atoms with van der Waals surface area (Å²) in [6, 6.07) is 0. The van der Waals surface area contributed by atoms with E-state index in [4.69, 9.17) is 47.4 Å². The van der Waals surface area contributed by atoms with Crippen LogP contribution in [0.3, 0.4) is 0 Å². The molecular weight excluding hydrogens is 1140 g/mol. The first-order chi connectivity index (χ1) is 40.2. The Hall–Kier alpha value is -1.79. The van der Waals surface area contributed by atoms with Crippen LogP contribution in [0.2, 0.25) is 0 Å². The third-order valence-corrected chi connectivity index (χ3v) is 23.4. The second-order valence-electron chi connectivity index (χ2n) is 28.5. The molecule has 5 aliphatic carbocycles. The summed E-state index contributed by atoms with van der Waals surface area (Å²) < 4.78 is 59.3. The van der Waals surface area contributed by atoms with Gasteiger partial charge in [-0.3, -0.25) is 4.79 Å². The third kappa shape index (κ3) is 11.0. The Balaban J connectivity index is 0.843. The first-order valence-corrected chi connectivity index (χ1v) is 30.7. The van der Waals surface area contributed by atoms with Crippen molar-refractivity contribution in [1.82, 2.24) is 0 Å². The first-order valence-electron chi connectivity index (χ1n) is 30.7. The molecule has 0 aromatic rings. The standard InChI is InChI=1S/C59H96O27/c1-23-34(64)38(68)42(72)49(79-23)84-46-28(19-60)81-48(45(75)41(46)71)78-21-29-37(67)40(70)44(74)51(82-29)86-53(76)59-16-15-57(7)25(26(59)17-54(3,4)32(63)18-59)9-10-31-55(5)13-12-33(56(6,22-61)30(55)11-14-58(31,57)8)83-52-47(36(66)27(62)20-77-52)85-50-43(73)39(69)35(65)24(2)80-50/h9,23-24,26-52,60-75H,10-22H2,1-8H3/t23-,24-,26?,27-,28+,29+,30?,31?,32+,33-,34-,35-,36-,37+,38+,39+,40-,41+,42+,43+,44+,45+,46+,47+,48+,49-,50-,51-,52?,55-,56-,57+,58+,59+/m0/s1. The van der Waals surface area contributed by atoms with Crippen molar-refractivity contribution in [1.29, 1.82) is 0 Å². The normalized spacial score (nSPS) is 55.6. The van der Waals surface area contributed by atoms with Gasteiger partial charge < -0.3 is 129 Å². The van der Waals surface area contributed by atoms with E-state index in [1.54, 1.807) is 0 Å². The number of aliphatic hydroxyl groups is 16. The lowest BCUT2D eigenvalue weighted by Gasteiger charge is -2.71. The first kappa shape index (κ1) is 67.1. The second-order valence-corrected chi connectivity index (χ2v) is 28.5. The number of hydrogen-bond donors (Lipinski definition) is 16. The number of aliphatic hydroxyl groups excluding tert-OH is 16. The van der Waals surface area contributed by atoms with Crippen LogP contribution in [0, 0.1) is 50.2 Å². The van der Waals surface area contributed by atoms with Crippen molar-refractivity contribution in [3.8, 4) is 0 Å². The van der Waals surface area contributed by atoms with E-state index in [2.05, 4.69) is 26.8 Å². The van der Waals surface area contributed by atoms with Crippen molar-refractivity contribution in [3.63, 3.8) is 0 Å². The van der Waals surface area contributed by atoms with Crippen molar-refractivity contribution in [2.24, 2.45) is 50.2 Å². The average molecular weight is 1240 g/mol. The summed E-state index contributed by atoms with van der Waals surface area (Å²) in [5.41, 5.74) is -3.05. The average Bonchev–Trinajstić information content (AvgIpc) is 0.685. The molecule has 10 rings (SSSR count). The van der Waals surface area contributed by atoms with Gasteiger partial charge in [-0.2, -0.15) is 0 Å². The molecule has 0 aromatic heterocycles. The number of ether oxygens (including phenoxy) is 10. The Kier molecular flexibility index (Phi) is 19.2. The molecule has 0 radical (unpaired) electrons. The largest absolute Gasteiger partial charge is 0.432 e. The molecule has 27 nitrogen and oxygen atoms in total. The van der Waals surface area contributed by atoms with Crippen LogP contribution in [0.4, 0.5) is 0 Å². The van der Waals surface area contributed by atoms with Crippen molar-refractivity contribution >= 4 is 5.97 Å². The van der Waals surface area contributed by atoms with E-state index in [9.17, 15) is 81.7 Å². The summed E-state index contributed by atoms with van der Waals surface area (Å²) in [7, 11) is 0. The molecule has 5 heterocycles. The molecule has 0 spiro atoms. The predicted octanol–water partition coefficient (Wildman–Crippen LogP) is -3.57. The highest BCUT2D eigenvalue weighted by atomic mass is 16.8. The Morgan fingerprint density at radius 2 is 1.15 bits per heavy atom. The van der Waals surface area contributed by atoms with Crippen LogP contribution in [0.1, 0.15) is 113 Å². The van der Waals surface area contributed by atoms with Gasteiger partial charge in [0.05, 0.1) is 56.3 Å². The molecule has 0 aromatic carbocycles. The third-order valence-electron chi connectivity index (χ3n) is 23.4. The highest BCUT2D eigenvalue weighted by Gasteiger charge is 2.71. The van der Waals surface area contributed by atoms with E-state index < -0.39 is 206 Å². The molecule has 9 fully saturated rings. The molecule has 10 aliphatic rings. The Bertz CT molecular complexity index is 2400. The Morgan fingerprint density at radius 3 is 1.77 bits per heavy atom. The van der Waals surface area contributed by atoms with Gasteiger partial charge >= 0.3 is 5.97 Å². The van der Waals surface area contributed by atoms with Crippen LogP contribution in [-0.2, 0) is 52.2 Å². The van der Waals surface area contributed by atoms with Gasteiger partial charge in [-0.25, -0.2) is 0 Å². The van der Waals surface area contributed by atoms with Crippen LogP contribution in [-0.4, -0.2) is 274 Å². The number of esters is 1. The molecule has 5 saturated heterocycles. The molecular formula is C59H96O27. The zero-order valence-corrected chi connectivity index (χ0v) is 50.2. The van der Waals surface area contributed by atoms with Gasteiger partial charge in [0.25, 0.3) is 0 Å². The highest BCUT2D eigenvalue weighted by molar-refractivity contribution is 5.79. The minimum atomic E-state index is -1.97. The zero-order chi connectivity index (χ0) is 62.9. The number of carbonyl (C=O) groups excluding carboxylic acids is 1. The predicted molar refractivity (Wildman–Crippen MR) is 289 cm³/mol. The summed E-state index contributed by atoms with van der Waals surface area (Å²) in [5.74, 6) is -1.29. The minimum absolute atomic E-state index is 0.00203. The summed E-state index contributed by atoms with van der Waals surface area (Å²) >= 11 is 0. The molecule has 34 atom stereocenters. The van der Waals surface area contributed by atoms with Crippen LogP contribution >= 0.6 is 0 Å². The second kappa shape index (κ2) is 24.6. The maximum Gasteiger partial charge on any atom is 0.315 e. The number of carbonyl (C=O) groups is 1. The van der Waals surface area contributed by atoms with Crippen molar-refractivity contribution in [2.75, 3.05) is 26.4 Å². The van der Waals surface area contributed by atoms with Gasteiger partial charge in [-0.05, 0) is 111 Å². The van der Waals surface area contributed by atoms with E-state index in [-0.39, 0.29) is 48.7 Å². The van der Waals surface area contributed by atoms with Crippen LogP contribution in [0.15, 0.2) is 11.6 Å². The zero-order valence-electron chi connectivity index (χ0n) is 50.2. The van der Waals surface area contributed by atoms with E-state index in [0.717, 1.165) is 12.0 Å². The summed E-state index contributed by atoms with van der Waals surface area (Å²) in [5, 5.41) is 174. The Morgan fingerprint density at radius 1 is 0.570 bits per heavy atom. The smallest absolute Gasteiger partial charge is 0.315 e. The molecule has 5 aliphatic heterocycles. The minimum Gasteiger partial charge on any atom is -0.432 e. The van der Waals surface area contributed by atoms with Gasteiger partial charge in [0, 0.05) is 5.41 Å². The van der Waals surface area contributed by atoms with Gasteiger partial charge in [-0.15, -0.1) is 0 Å². The number of hydrogen-bond acceptors (Lipinski definition) is 27. The van der Waals surface area contributed by atoms with Gasteiger partial charge in [0.2, 0.25) is 6.29 Å². The van der Waals surface area contributed by atoms with Gasteiger partial charge in [-0.1, -0.05) is 53.2 Å². The molecule has 4 saturated carbocycles. The number of fused-ring (bicyclic) bond motifs is 7. The fourth-order valence-electron chi connectivity index (χ4n) is 17.5. The van der Waals surface area contributed by atoms with Crippen molar-refractivity contribution in [3.05, 3.63) is 11.6 Å². The van der Waals surface area contributed by atoms with E-state index in [1.807, 2.05) is 20.8 Å². The van der Waals surface area contributed by atoms with Crippen LogP contribution < -0.4 is 0 Å². The van der Waals surface area contributed by atoms with E-state index in [1.165, 1.54) is 13.8 Å². The molecule has 4 unspecified atom stereocenters.